The number of urea groups is 1. The first-order valence-electron chi connectivity index (χ1n) is 8.80. The Morgan fingerprint density at radius 1 is 1.08 bits per heavy atom. The Balaban J connectivity index is 2.22. The molecule has 0 aliphatic carbocycles. The summed E-state index contributed by atoms with van der Waals surface area (Å²) in [6.07, 6.45) is 1.65. The van der Waals surface area contributed by atoms with Gasteiger partial charge in [0.2, 0.25) is 0 Å². The van der Waals surface area contributed by atoms with Crippen LogP contribution >= 0.6 is 11.6 Å². The molecule has 0 spiro atoms. The lowest BCUT2D eigenvalue weighted by atomic mass is 9.85. The number of halogens is 1. The van der Waals surface area contributed by atoms with E-state index in [-0.39, 0.29) is 17.6 Å². The highest BCUT2D eigenvalue weighted by atomic mass is 35.5. The summed E-state index contributed by atoms with van der Waals surface area (Å²) in [5.74, 6) is 0. The van der Waals surface area contributed by atoms with Crippen molar-refractivity contribution in [3.05, 3.63) is 70.7 Å². The van der Waals surface area contributed by atoms with Crippen LogP contribution in [0.3, 0.4) is 0 Å². The molecule has 2 aromatic carbocycles. The van der Waals surface area contributed by atoms with Crippen molar-refractivity contribution in [2.45, 2.75) is 45.2 Å². The van der Waals surface area contributed by atoms with E-state index in [0.717, 1.165) is 24.0 Å². The quantitative estimate of drug-likeness (QED) is 0.699. The molecule has 25 heavy (non-hydrogen) atoms. The molecule has 1 atom stereocenters. The van der Waals surface area contributed by atoms with E-state index in [4.69, 9.17) is 11.6 Å². The van der Waals surface area contributed by atoms with Crippen LogP contribution in [0.25, 0.3) is 0 Å². The second kappa shape index (κ2) is 8.39. The predicted octanol–water partition coefficient (Wildman–Crippen LogP) is 5.76. The Hall–Kier alpha value is -2.00. The zero-order valence-corrected chi connectivity index (χ0v) is 16.2. The number of hydrogen-bond donors (Lipinski definition) is 1. The van der Waals surface area contributed by atoms with Gasteiger partial charge in [0.05, 0.1) is 11.6 Å². The Morgan fingerprint density at radius 2 is 1.64 bits per heavy atom. The first-order valence-corrected chi connectivity index (χ1v) is 9.18. The topological polar surface area (TPSA) is 32.3 Å². The summed E-state index contributed by atoms with van der Waals surface area (Å²) in [5, 5.41) is 3.94. The number of nitrogens with one attached hydrogen (secondary N) is 1. The zero-order valence-electron chi connectivity index (χ0n) is 15.4. The van der Waals surface area contributed by atoms with Crippen molar-refractivity contribution in [1.82, 2.24) is 10.2 Å². The lowest BCUT2D eigenvalue weighted by Gasteiger charge is -2.37. The average molecular weight is 359 g/mol. The Bertz CT molecular complexity index is 698. The molecule has 0 saturated heterocycles. The minimum absolute atomic E-state index is 0.0972. The van der Waals surface area contributed by atoms with Crippen LogP contribution in [0.1, 0.15) is 50.8 Å². The molecule has 4 heteroatoms. The molecule has 1 N–H and O–H groups in total. The molecule has 2 aromatic rings. The average Bonchev–Trinajstić information content (AvgIpc) is 2.66. The number of carbonyl (C=O) groups is 1. The van der Waals surface area contributed by atoms with Gasteiger partial charge in [0.1, 0.15) is 0 Å². The Kier molecular flexibility index (Phi) is 6.49. The van der Waals surface area contributed by atoms with Gasteiger partial charge in [-0.15, -0.1) is 0 Å². The molecule has 0 heterocycles. The summed E-state index contributed by atoms with van der Waals surface area (Å²) in [7, 11) is 1.81. The number of hydrogen-bond acceptors (Lipinski definition) is 1. The molecule has 0 bridgehead atoms. The summed E-state index contributed by atoms with van der Waals surface area (Å²) in [6.45, 7) is 6.20. The molecule has 0 aliphatic rings. The fraction of sp³-hybridized carbons (Fsp3) is 0.381. The number of carbonyl (C=O) groups excluding carboxylic acids is 1. The van der Waals surface area contributed by atoms with Crippen molar-refractivity contribution >= 4 is 17.6 Å². The highest BCUT2D eigenvalue weighted by Gasteiger charge is 2.32. The van der Waals surface area contributed by atoms with E-state index in [1.807, 2.05) is 56.4 Å². The van der Waals surface area contributed by atoms with E-state index in [1.54, 1.807) is 4.90 Å². The number of amides is 2. The molecular formula is C21H27ClN2O. The van der Waals surface area contributed by atoms with Crippen molar-refractivity contribution < 1.29 is 4.79 Å². The van der Waals surface area contributed by atoms with E-state index in [2.05, 4.69) is 31.3 Å². The maximum absolute atomic E-state index is 12.9. The summed E-state index contributed by atoms with van der Waals surface area (Å²) in [4.78, 5) is 14.7. The van der Waals surface area contributed by atoms with Gasteiger partial charge in [0, 0.05) is 12.1 Å². The fourth-order valence-corrected chi connectivity index (χ4v) is 3.45. The van der Waals surface area contributed by atoms with Gasteiger partial charge < -0.3 is 10.2 Å². The Labute approximate surface area is 156 Å². The molecule has 0 radical (unpaired) electrons. The maximum atomic E-state index is 12.9. The fourth-order valence-electron chi connectivity index (χ4n) is 3.16. The maximum Gasteiger partial charge on any atom is 0.318 e. The van der Waals surface area contributed by atoms with Gasteiger partial charge in [0.15, 0.2) is 0 Å². The smallest absolute Gasteiger partial charge is 0.318 e. The van der Waals surface area contributed by atoms with Gasteiger partial charge >= 0.3 is 6.03 Å². The van der Waals surface area contributed by atoms with E-state index >= 15 is 0 Å². The highest BCUT2D eigenvalue weighted by Crippen LogP contribution is 2.30. The molecule has 0 saturated carbocycles. The molecular weight excluding hydrogens is 332 g/mol. The normalized spacial score (nSPS) is 12.5. The highest BCUT2D eigenvalue weighted by molar-refractivity contribution is 6.31. The third-order valence-corrected chi connectivity index (χ3v) is 5.48. The van der Waals surface area contributed by atoms with Gasteiger partial charge in [-0.2, -0.15) is 0 Å². The first-order chi connectivity index (χ1) is 11.9. The van der Waals surface area contributed by atoms with Crippen LogP contribution in [0.5, 0.6) is 0 Å². The zero-order chi connectivity index (χ0) is 18.4. The van der Waals surface area contributed by atoms with Gasteiger partial charge in [-0.25, -0.2) is 4.79 Å². The van der Waals surface area contributed by atoms with E-state index in [1.165, 1.54) is 0 Å². The molecule has 2 amide bonds. The summed E-state index contributed by atoms with van der Waals surface area (Å²) in [6, 6.07) is 17.6. The van der Waals surface area contributed by atoms with Crippen LogP contribution < -0.4 is 5.32 Å². The van der Waals surface area contributed by atoms with E-state index < -0.39 is 0 Å². The van der Waals surface area contributed by atoms with Gasteiger partial charge in [-0.1, -0.05) is 74.0 Å². The molecule has 0 aromatic heterocycles. The number of rotatable bonds is 6. The molecule has 0 aliphatic heterocycles. The van der Waals surface area contributed by atoms with Crippen molar-refractivity contribution in [1.29, 1.82) is 0 Å². The minimum atomic E-state index is -0.368. The molecule has 0 fully saturated rings. The van der Waals surface area contributed by atoms with Gasteiger partial charge in [-0.05, 0) is 37.0 Å². The second-order valence-corrected chi connectivity index (χ2v) is 6.80. The molecule has 134 valence electrons. The van der Waals surface area contributed by atoms with Crippen molar-refractivity contribution in [2.24, 2.45) is 0 Å². The molecule has 3 nitrogen and oxygen atoms in total. The lowest BCUT2D eigenvalue weighted by molar-refractivity contribution is 0.175. The van der Waals surface area contributed by atoms with Crippen molar-refractivity contribution in [2.75, 3.05) is 7.05 Å². The minimum Gasteiger partial charge on any atom is -0.328 e. The van der Waals surface area contributed by atoms with Gasteiger partial charge in [-0.3, -0.25) is 0 Å². The van der Waals surface area contributed by atoms with Crippen LogP contribution in [-0.4, -0.2) is 18.0 Å². The first kappa shape index (κ1) is 19.3. The van der Waals surface area contributed by atoms with Crippen molar-refractivity contribution in [3.63, 3.8) is 0 Å². The summed E-state index contributed by atoms with van der Waals surface area (Å²) >= 11 is 6.29. The van der Waals surface area contributed by atoms with Crippen LogP contribution in [0.4, 0.5) is 4.79 Å². The van der Waals surface area contributed by atoms with E-state index in [9.17, 15) is 4.79 Å². The SMILES string of the molecule is CCC(CC)(NC(=O)N(C)C(C)c1ccccc1Cl)c1ccccc1. The van der Waals surface area contributed by atoms with E-state index in [0.29, 0.717) is 5.02 Å². The Morgan fingerprint density at radius 3 is 2.20 bits per heavy atom. The van der Waals surface area contributed by atoms with Crippen LogP contribution in [0, 0.1) is 0 Å². The van der Waals surface area contributed by atoms with Gasteiger partial charge in [0.25, 0.3) is 0 Å². The molecule has 1 unspecified atom stereocenters. The summed E-state index contributed by atoms with van der Waals surface area (Å²) in [5.41, 5.74) is 1.71. The summed E-state index contributed by atoms with van der Waals surface area (Å²) < 4.78 is 0. The second-order valence-electron chi connectivity index (χ2n) is 6.39. The number of benzene rings is 2. The van der Waals surface area contributed by atoms with Crippen LogP contribution in [0.2, 0.25) is 5.02 Å². The predicted molar refractivity (Wildman–Crippen MR) is 105 cm³/mol. The third-order valence-electron chi connectivity index (χ3n) is 5.14. The van der Waals surface area contributed by atoms with Crippen LogP contribution in [0.15, 0.2) is 54.6 Å². The standard InChI is InChI=1S/C21H27ClN2O/c1-5-21(6-2,17-12-8-7-9-13-17)23-20(25)24(4)16(3)18-14-10-11-15-19(18)22/h7-16H,5-6H2,1-4H3,(H,23,25). The lowest BCUT2D eigenvalue weighted by Crippen LogP contribution is -2.50. The third kappa shape index (κ3) is 4.16. The molecule has 2 rings (SSSR count). The largest absolute Gasteiger partial charge is 0.328 e. The number of nitrogens with zero attached hydrogens (tertiary/aromatic N) is 1. The van der Waals surface area contributed by atoms with Crippen molar-refractivity contribution in [3.8, 4) is 0 Å². The van der Waals surface area contributed by atoms with Crippen LogP contribution in [-0.2, 0) is 5.54 Å². The monoisotopic (exact) mass is 358 g/mol.